The molecular weight excluding hydrogens is 566 g/mol. The molecule has 0 spiro atoms. The molecule has 4 aromatic carbocycles. The highest BCUT2D eigenvalue weighted by Crippen LogP contribution is 2.49. The van der Waals surface area contributed by atoms with Crippen molar-refractivity contribution in [1.29, 1.82) is 0 Å². The van der Waals surface area contributed by atoms with Crippen LogP contribution in [0.2, 0.25) is 5.02 Å². The molecule has 1 aliphatic heterocycles. The molecule has 1 aliphatic carbocycles. The number of para-hydroxylation sites is 1. The number of amides is 1. The van der Waals surface area contributed by atoms with Gasteiger partial charge in [-0.1, -0.05) is 86.1 Å². The fourth-order valence-electron chi connectivity index (χ4n) is 6.85. The molecule has 7 rings (SSSR count). The Bertz CT molecular complexity index is 1950. The summed E-state index contributed by atoms with van der Waals surface area (Å²) in [7, 11) is 0. The van der Waals surface area contributed by atoms with Crippen molar-refractivity contribution in [3.8, 4) is 0 Å². The van der Waals surface area contributed by atoms with Gasteiger partial charge in [-0.3, -0.25) is 9.59 Å². The van der Waals surface area contributed by atoms with E-state index in [1.165, 1.54) is 0 Å². The van der Waals surface area contributed by atoms with E-state index in [9.17, 15) is 9.59 Å². The van der Waals surface area contributed by atoms with Crippen LogP contribution in [0.3, 0.4) is 0 Å². The van der Waals surface area contributed by atoms with E-state index in [1.807, 2.05) is 83.8 Å². The minimum absolute atomic E-state index is 0.00850. The zero-order chi connectivity index (χ0) is 30.6. The fraction of sp³-hybridized carbons (Fsp3) is 0.211. The summed E-state index contributed by atoms with van der Waals surface area (Å²) in [6, 6.07) is 31.9. The Hall–Kier alpha value is -4.61. The number of hydrogen-bond acceptors (Lipinski definition) is 3. The third-order valence-electron chi connectivity index (χ3n) is 8.78. The number of nitrogens with one attached hydrogen (secondary N) is 2. The first-order chi connectivity index (χ1) is 21.2. The van der Waals surface area contributed by atoms with Gasteiger partial charge in [-0.05, 0) is 71.8 Å². The maximum Gasteiger partial charge on any atom is 0.239 e. The van der Waals surface area contributed by atoms with Crippen LogP contribution in [0.5, 0.6) is 0 Å². The van der Waals surface area contributed by atoms with Crippen LogP contribution in [0, 0.1) is 12.3 Å². The molecule has 0 bridgehead atoms. The van der Waals surface area contributed by atoms with Crippen molar-refractivity contribution in [2.75, 3.05) is 10.2 Å². The molecule has 1 aromatic heterocycles. The minimum atomic E-state index is -0.562. The second-order valence-corrected chi connectivity index (χ2v) is 13.2. The van der Waals surface area contributed by atoms with Crippen LogP contribution in [0.1, 0.15) is 60.6 Å². The van der Waals surface area contributed by atoms with E-state index in [2.05, 4.69) is 49.3 Å². The van der Waals surface area contributed by atoms with Crippen molar-refractivity contribution >= 4 is 51.1 Å². The van der Waals surface area contributed by atoms with E-state index in [1.54, 1.807) is 0 Å². The van der Waals surface area contributed by atoms with Crippen LogP contribution in [0.25, 0.3) is 16.5 Å². The number of fused-ring (bicyclic) bond motifs is 2. The molecule has 0 saturated heterocycles. The van der Waals surface area contributed by atoms with E-state index < -0.39 is 5.92 Å². The number of rotatable bonds is 6. The number of aromatic nitrogens is 1. The van der Waals surface area contributed by atoms with Gasteiger partial charge in [-0.25, -0.2) is 0 Å². The predicted octanol–water partition coefficient (Wildman–Crippen LogP) is 9.02. The Labute approximate surface area is 262 Å². The van der Waals surface area contributed by atoms with Crippen molar-refractivity contribution in [2.24, 2.45) is 5.41 Å². The average molecular weight is 600 g/mol. The number of nitrogens with zero attached hydrogens (tertiary/aromatic N) is 1. The lowest BCUT2D eigenvalue weighted by Gasteiger charge is -2.33. The summed E-state index contributed by atoms with van der Waals surface area (Å²) >= 11 is 6.18. The van der Waals surface area contributed by atoms with Gasteiger partial charge in [-0.2, -0.15) is 0 Å². The molecule has 0 fully saturated rings. The number of aromatic amines is 1. The van der Waals surface area contributed by atoms with Gasteiger partial charge in [0.15, 0.2) is 5.78 Å². The van der Waals surface area contributed by atoms with Gasteiger partial charge in [-0.15, -0.1) is 0 Å². The number of carbonyl (C=O) groups is 2. The summed E-state index contributed by atoms with van der Waals surface area (Å²) < 4.78 is 0. The number of Topliss-reactive ketones (excluding diaryl/α,β-unsaturated/α-hetero) is 1. The number of anilines is 2. The van der Waals surface area contributed by atoms with Crippen LogP contribution < -0.4 is 10.2 Å². The maximum absolute atomic E-state index is 14.6. The summed E-state index contributed by atoms with van der Waals surface area (Å²) in [4.78, 5) is 34.3. The molecule has 2 N–H and O–H groups in total. The zero-order valence-electron chi connectivity index (χ0n) is 25.1. The highest BCUT2D eigenvalue weighted by Gasteiger charge is 2.43. The van der Waals surface area contributed by atoms with Crippen molar-refractivity contribution in [2.45, 2.75) is 46.1 Å². The number of ketones is 1. The molecule has 1 unspecified atom stereocenters. The second kappa shape index (κ2) is 10.8. The monoisotopic (exact) mass is 599 g/mol. The van der Waals surface area contributed by atoms with E-state index in [0.717, 1.165) is 55.9 Å². The fourth-order valence-corrected chi connectivity index (χ4v) is 6.97. The largest absolute Gasteiger partial charge is 0.358 e. The van der Waals surface area contributed by atoms with Crippen LogP contribution in [-0.4, -0.2) is 16.7 Å². The van der Waals surface area contributed by atoms with Gasteiger partial charge in [0.1, 0.15) is 0 Å². The summed E-state index contributed by atoms with van der Waals surface area (Å²) in [6.45, 7) is 6.78. The number of aryl methyl sites for hydroxylation is 1. The molecule has 1 amide bonds. The molecule has 2 heterocycles. The summed E-state index contributed by atoms with van der Waals surface area (Å²) in [5.41, 5.74) is 8.61. The summed E-state index contributed by atoms with van der Waals surface area (Å²) in [5.74, 6) is -0.496. The highest BCUT2D eigenvalue weighted by atomic mass is 35.5. The number of benzene rings is 4. The Balaban J connectivity index is 1.44. The van der Waals surface area contributed by atoms with Gasteiger partial charge in [0.05, 0.1) is 23.7 Å². The van der Waals surface area contributed by atoms with Crippen LogP contribution >= 0.6 is 11.6 Å². The number of allylic oxidation sites excluding steroid dienone is 2. The van der Waals surface area contributed by atoms with E-state index in [4.69, 9.17) is 11.6 Å². The van der Waals surface area contributed by atoms with Crippen molar-refractivity contribution in [3.05, 3.63) is 136 Å². The first-order valence-corrected chi connectivity index (χ1v) is 15.4. The first-order valence-electron chi connectivity index (χ1n) is 15.0. The average Bonchev–Trinajstić information content (AvgIpc) is 3.47. The second-order valence-electron chi connectivity index (χ2n) is 12.8. The molecule has 6 heteroatoms. The van der Waals surface area contributed by atoms with Gasteiger partial charge in [0, 0.05) is 45.0 Å². The Morgan fingerprint density at radius 2 is 1.64 bits per heavy atom. The van der Waals surface area contributed by atoms with Gasteiger partial charge < -0.3 is 15.2 Å². The molecule has 0 saturated carbocycles. The lowest BCUT2D eigenvalue weighted by molar-refractivity contribution is -0.119. The van der Waals surface area contributed by atoms with Crippen molar-refractivity contribution < 1.29 is 9.59 Å². The molecule has 0 radical (unpaired) electrons. The molecular formula is C38H34ClN3O2. The van der Waals surface area contributed by atoms with Crippen LogP contribution in [-0.2, 0) is 16.1 Å². The standard InChI is InChI=1S/C38H34ClN3O2/c1-23-13-18-27-29(19-23)41-36(35-30(20-38(2,3)21-32(35)43)40-26-16-14-25(39)15-17-26)33(27)34-28-11-7-8-12-31(28)42(37(34)44)22-24-9-5-4-6-10-24/h4-19,34,40-41H,20-22H2,1-3H3. The van der Waals surface area contributed by atoms with Crippen molar-refractivity contribution in [3.63, 3.8) is 0 Å². The number of halogens is 1. The Morgan fingerprint density at radius 3 is 2.41 bits per heavy atom. The zero-order valence-corrected chi connectivity index (χ0v) is 25.8. The van der Waals surface area contributed by atoms with E-state index >= 15 is 0 Å². The third kappa shape index (κ3) is 5.01. The Kier molecular flexibility index (Phi) is 6.94. The molecule has 2 aliphatic rings. The molecule has 44 heavy (non-hydrogen) atoms. The topological polar surface area (TPSA) is 65.2 Å². The highest BCUT2D eigenvalue weighted by molar-refractivity contribution is 6.30. The first kappa shape index (κ1) is 28.2. The minimum Gasteiger partial charge on any atom is -0.358 e. The lowest BCUT2D eigenvalue weighted by Crippen LogP contribution is -2.30. The predicted molar refractivity (Wildman–Crippen MR) is 179 cm³/mol. The molecule has 1 atom stereocenters. The number of H-pyrrole nitrogens is 1. The normalized spacial score (nSPS) is 17.8. The smallest absolute Gasteiger partial charge is 0.239 e. The number of hydrogen-bond donors (Lipinski definition) is 2. The molecule has 220 valence electrons. The van der Waals surface area contributed by atoms with Crippen molar-refractivity contribution in [1.82, 2.24) is 4.98 Å². The summed E-state index contributed by atoms with van der Waals surface area (Å²) in [5, 5.41) is 5.18. The molecule has 5 aromatic rings. The van der Waals surface area contributed by atoms with Gasteiger partial charge >= 0.3 is 0 Å². The Morgan fingerprint density at radius 1 is 0.909 bits per heavy atom. The van der Waals surface area contributed by atoms with Gasteiger partial charge in [0.2, 0.25) is 5.91 Å². The van der Waals surface area contributed by atoms with Crippen LogP contribution in [0.15, 0.2) is 103 Å². The van der Waals surface area contributed by atoms with E-state index in [-0.39, 0.29) is 17.1 Å². The third-order valence-corrected chi connectivity index (χ3v) is 9.03. The van der Waals surface area contributed by atoms with Gasteiger partial charge in [0.25, 0.3) is 0 Å². The number of carbonyl (C=O) groups excluding carboxylic acids is 2. The SMILES string of the molecule is Cc1ccc2c(C3C(=O)N(Cc4ccccc4)c4ccccc43)c(C3=C(Nc4ccc(Cl)cc4)CC(C)(C)CC3=O)[nH]c2c1. The molecule has 5 nitrogen and oxygen atoms in total. The summed E-state index contributed by atoms with van der Waals surface area (Å²) in [6.07, 6.45) is 1.09. The lowest BCUT2D eigenvalue weighted by atomic mass is 9.74. The quantitative estimate of drug-likeness (QED) is 0.205. The van der Waals surface area contributed by atoms with E-state index in [0.29, 0.717) is 30.0 Å². The van der Waals surface area contributed by atoms with Crippen LogP contribution in [0.4, 0.5) is 11.4 Å². The maximum atomic E-state index is 14.6.